The molecule has 0 fully saturated rings. The van der Waals surface area contributed by atoms with Crippen molar-refractivity contribution in [2.45, 2.75) is 95.6 Å². The zero-order valence-corrected chi connectivity index (χ0v) is 20.8. The molecule has 0 spiro atoms. The van der Waals surface area contributed by atoms with Gasteiger partial charge in [0.2, 0.25) is 13.4 Å². The molecule has 0 rings (SSSR count). The predicted molar refractivity (Wildman–Crippen MR) is 122 cm³/mol. The van der Waals surface area contributed by atoms with Crippen LogP contribution in [0.1, 0.15) is 90.9 Å². The van der Waals surface area contributed by atoms with Crippen LogP contribution in [0, 0.1) is 11.3 Å². The first kappa shape index (κ1) is 28.9. The van der Waals surface area contributed by atoms with Crippen molar-refractivity contribution in [3.63, 3.8) is 0 Å². The number of methoxy groups -OCH3 is 1. The fraction of sp³-hybridized carbons (Fsp3) is 0.850. The summed E-state index contributed by atoms with van der Waals surface area (Å²) < 4.78 is 51.6. The SMILES string of the molecule is CCCCCCCCCCCCS(=O)(=O)C(=S)S(=O)(=O)C(C)(C#N)CCC(=O)OC. The summed E-state index contributed by atoms with van der Waals surface area (Å²) in [6.45, 7) is 3.25. The number of sulfone groups is 2. The van der Waals surface area contributed by atoms with Crippen molar-refractivity contribution in [3.05, 3.63) is 0 Å². The Bertz CT molecular complexity index is 799. The second kappa shape index (κ2) is 14.1. The Kier molecular flexibility index (Phi) is 13.6. The van der Waals surface area contributed by atoms with Crippen LogP contribution in [-0.4, -0.2) is 43.9 Å². The van der Waals surface area contributed by atoms with E-state index in [1.54, 1.807) is 6.07 Å². The van der Waals surface area contributed by atoms with Crippen molar-refractivity contribution >= 4 is 41.4 Å². The number of rotatable bonds is 15. The first-order chi connectivity index (χ1) is 14.0. The molecular weight excluding hydrogens is 446 g/mol. The number of ether oxygens (including phenoxy) is 1. The Morgan fingerprint density at radius 1 is 0.967 bits per heavy atom. The highest BCUT2D eigenvalue weighted by Crippen LogP contribution is 2.27. The third-order valence-corrected chi connectivity index (χ3v) is 11.2. The van der Waals surface area contributed by atoms with Gasteiger partial charge in [0.15, 0.2) is 14.6 Å². The summed E-state index contributed by atoms with van der Waals surface area (Å²) in [6.07, 6.45) is 9.42. The van der Waals surface area contributed by atoms with Gasteiger partial charge in [0.25, 0.3) is 0 Å². The van der Waals surface area contributed by atoms with Crippen molar-refractivity contribution in [1.82, 2.24) is 0 Å². The number of carbonyl (C=O) groups excluding carboxylic acids is 1. The highest BCUT2D eigenvalue weighted by Gasteiger charge is 2.46. The number of nitrogens with zero attached hydrogens (tertiary/aromatic N) is 1. The lowest BCUT2D eigenvalue weighted by Gasteiger charge is -2.21. The summed E-state index contributed by atoms with van der Waals surface area (Å²) in [7, 11) is -7.65. The largest absolute Gasteiger partial charge is 0.469 e. The van der Waals surface area contributed by atoms with E-state index in [9.17, 15) is 26.9 Å². The molecule has 0 N–H and O–H groups in total. The molecule has 0 aliphatic heterocycles. The lowest BCUT2D eigenvalue weighted by molar-refractivity contribution is -0.140. The minimum atomic E-state index is -4.60. The third kappa shape index (κ3) is 9.40. The van der Waals surface area contributed by atoms with Crippen LogP contribution < -0.4 is 0 Å². The first-order valence-corrected chi connectivity index (χ1v) is 14.0. The number of hydrogen-bond donors (Lipinski definition) is 0. The average Bonchev–Trinajstić information content (AvgIpc) is 2.72. The van der Waals surface area contributed by atoms with E-state index >= 15 is 0 Å². The van der Waals surface area contributed by atoms with E-state index in [1.165, 1.54) is 32.1 Å². The molecular formula is C20H35NO6S3. The molecule has 0 aromatic carbocycles. The second-order valence-corrected chi connectivity index (χ2v) is 13.2. The molecule has 1 unspecified atom stereocenters. The maximum absolute atomic E-state index is 12.7. The van der Waals surface area contributed by atoms with Crippen LogP contribution in [0.15, 0.2) is 0 Å². The molecule has 0 aliphatic carbocycles. The maximum atomic E-state index is 12.7. The zero-order chi connectivity index (χ0) is 23.3. The third-order valence-electron chi connectivity index (χ3n) is 5.10. The molecule has 174 valence electrons. The van der Waals surface area contributed by atoms with Gasteiger partial charge in [-0.25, -0.2) is 16.8 Å². The van der Waals surface area contributed by atoms with Crippen LogP contribution in [0.25, 0.3) is 0 Å². The molecule has 0 aliphatic rings. The zero-order valence-electron chi connectivity index (χ0n) is 18.3. The Labute approximate surface area is 187 Å². The van der Waals surface area contributed by atoms with E-state index in [2.05, 4.69) is 11.7 Å². The van der Waals surface area contributed by atoms with Gasteiger partial charge in [-0.1, -0.05) is 76.9 Å². The normalized spacial score (nSPS) is 13.9. The summed E-state index contributed by atoms with van der Waals surface area (Å²) in [5.41, 5.74) is 0. The second-order valence-electron chi connectivity index (χ2n) is 7.67. The Balaban J connectivity index is 4.65. The van der Waals surface area contributed by atoms with Gasteiger partial charge in [-0.05, 0) is 19.8 Å². The number of hydrogen-bond acceptors (Lipinski definition) is 8. The Morgan fingerprint density at radius 2 is 1.43 bits per heavy atom. The average molecular weight is 482 g/mol. The van der Waals surface area contributed by atoms with E-state index in [1.807, 2.05) is 0 Å². The number of unbranched alkanes of at least 4 members (excludes halogenated alkanes) is 9. The fourth-order valence-corrected chi connectivity index (χ4v) is 7.46. The molecule has 0 saturated heterocycles. The predicted octanol–water partition coefficient (Wildman–Crippen LogP) is 4.26. The topological polar surface area (TPSA) is 118 Å². The van der Waals surface area contributed by atoms with Crippen molar-refractivity contribution in [3.8, 4) is 6.07 Å². The highest BCUT2D eigenvalue weighted by atomic mass is 32.3. The monoisotopic (exact) mass is 481 g/mol. The number of esters is 1. The number of nitriles is 1. The van der Waals surface area contributed by atoms with Crippen molar-refractivity contribution < 1.29 is 26.4 Å². The van der Waals surface area contributed by atoms with Gasteiger partial charge >= 0.3 is 5.97 Å². The lowest BCUT2D eigenvalue weighted by Crippen LogP contribution is -2.42. The summed E-state index contributed by atoms with van der Waals surface area (Å²) >= 11 is 4.78. The highest BCUT2D eigenvalue weighted by molar-refractivity contribution is 8.41. The van der Waals surface area contributed by atoms with Gasteiger partial charge in [0.1, 0.15) is 0 Å². The van der Waals surface area contributed by atoms with E-state index in [0.717, 1.165) is 33.3 Å². The smallest absolute Gasteiger partial charge is 0.305 e. The molecule has 0 bridgehead atoms. The van der Waals surface area contributed by atoms with Gasteiger partial charge in [-0.3, -0.25) is 4.79 Å². The number of carbonyl (C=O) groups is 1. The fourth-order valence-electron chi connectivity index (χ4n) is 2.91. The van der Waals surface area contributed by atoms with Gasteiger partial charge in [-0.2, -0.15) is 5.26 Å². The lowest BCUT2D eigenvalue weighted by atomic mass is 10.1. The summed E-state index contributed by atoms with van der Waals surface area (Å²) in [5, 5.41) is 9.35. The molecule has 30 heavy (non-hydrogen) atoms. The van der Waals surface area contributed by atoms with E-state index < -0.39 is 40.3 Å². The van der Waals surface area contributed by atoms with Gasteiger partial charge in [-0.15, -0.1) is 0 Å². The Hall–Kier alpha value is -1.05. The molecule has 7 nitrogen and oxygen atoms in total. The summed E-state index contributed by atoms with van der Waals surface area (Å²) in [5.74, 6) is -1.05. The summed E-state index contributed by atoms with van der Waals surface area (Å²) in [4.78, 5) is 11.3. The molecule has 0 radical (unpaired) electrons. The van der Waals surface area contributed by atoms with Crippen LogP contribution in [0.3, 0.4) is 0 Å². The van der Waals surface area contributed by atoms with Crippen LogP contribution in [0.2, 0.25) is 0 Å². The van der Waals surface area contributed by atoms with Crippen LogP contribution in [-0.2, 0) is 29.2 Å². The van der Waals surface area contributed by atoms with Crippen molar-refractivity contribution in [2.24, 2.45) is 0 Å². The van der Waals surface area contributed by atoms with Crippen LogP contribution in [0.5, 0.6) is 0 Å². The minimum absolute atomic E-state index is 0.319. The molecule has 0 aromatic rings. The summed E-state index contributed by atoms with van der Waals surface area (Å²) in [6, 6.07) is 1.61. The standard InChI is InChI=1S/C20H35NO6S3/c1-4-5-6-7-8-9-10-11-12-13-16-29(23,24)19(28)30(25,26)20(2,17-21)15-14-18(22)27-3/h4-16H2,1-3H3. The Morgan fingerprint density at radius 3 is 1.87 bits per heavy atom. The van der Waals surface area contributed by atoms with Gasteiger partial charge < -0.3 is 4.74 Å². The van der Waals surface area contributed by atoms with Gasteiger partial charge in [0.05, 0.1) is 18.9 Å². The van der Waals surface area contributed by atoms with E-state index in [-0.39, 0.29) is 12.2 Å². The molecule has 0 aromatic heterocycles. The maximum Gasteiger partial charge on any atom is 0.305 e. The molecule has 10 heteroatoms. The van der Waals surface area contributed by atoms with Gasteiger partial charge in [0, 0.05) is 6.42 Å². The number of thiocarbonyl (C=S) groups is 1. The molecule has 0 heterocycles. The van der Waals surface area contributed by atoms with Crippen molar-refractivity contribution in [2.75, 3.05) is 12.9 Å². The van der Waals surface area contributed by atoms with Crippen molar-refractivity contribution in [1.29, 1.82) is 5.26 Å². The van der Waals surface area contributed by atoms with E-state index in [0.29, 0.717) is 12.8 Å². The first-order valence-electron chi connectivity index (χ1n) is 10.5. The quantitative estimate of drug-likeness (QED) is 0.193. The van der Waals surface area contributed by atoms with Crippen LogP contribution in [0.4, 0.5) is 0 Å². The minimum Gasteiger partial charge on any atom is -0.469 e. The molecule has 1 atom stereocenters. The van der Waals surface area contributed by atoms with Crippen LogP contribution >= 0.6 is 12.2 Å². The molecule has 0 saturated carbocycles. The molecule has 0 amide bonds. The van der Waals surface area contributed by atoms with E-state index in [4.69, 9.17) is 12.2 Å².